The highest BCUT2D eigenvalue weighted by molar-refractivity contribution is 8.00. The van der Waals surface area contributed by atoms with Crippen molar-refractivity contribution in [3.63, 3.8) is 0 Å². The molecule has 68 valence electrons. The number of thioether (sulfide) groups is 1. The lowest BCUT2D eigenvalue weighted by Gasteiger charge is -2.22. The van der Waals surface area contributed by atoms with Gasteiger partial charge in [-0.15, -0.1) is 11.8 Å². The molecule has 0 amide bonds. The number of rotatable bonds is 1. The van der Waals surface area contributed by atoms with Crippen molar-refractivity contribution in [3.8, 4) is 0 Å². The highest BCUT2D eigenvalue weighted by Gasteiger charge is 2.23. The van der Waals surface area contributed by atoms with Crippen molar-refractivity contribution >= 4 is 23.4 Å². The molecule has 1 aliphatic rings. The van der Waals surface area contributed by atoms with Crippen molar-refractivity contribution in [1.29, 1.82) is 0 Å². The molecule has 13 heavy (non-hydrogen) atoms. The van der Waals surface area contributed by atoms with E-state index in [9.17, 15) is 4.79 Å². The van der Waals surface area contributed by atoms with E-state index in [2.05, 4.69) is 5.32 Å². The molecule has 3 nitrogen and oxygen atoms in total. The van der Waals surface area contributed by atoms with E-state index in [0.717, 1.165) is 10.6 Å². The highest BCUT2D eigenvalue weighted by atomic mass is 32.2. The summed E-state index contributed by atoms with van der Waals surface area (Å²) in [6.07, 6.45) is 0. The zero-order valence-corrected chi connectivity index (χ0v) is 7.67. The van der Waals surface area contributed by atoms with Gasteiger partial charge in [-0.1, -0.05) is 12.1 Å². The first-order valence-corrected chi connectivity index (χ1v) is 4.88. The van der Waals surface area contributed by atoms with Crippen molar-refractivity contribution < 1.29 is 9.90 Å². The number of hydrogen-bond donors (Lipinski definition) is 2. The van der Waals surface area contributed by atoms with Crippen molar-refractivity contribution in [2.75, 3.05) is 11.9 Å². The van der Waals surface area contributed by atoms with E-state index < -0.39 is 5.97 Å². The molecular formula is C9H9NO2S. The van der Waals surface area contributed by atoms with Gasteiger partial charge in [0.1, 0.15) is 5.25 Å². The van der Waals surface area contributed by atoms with E-state index in [1.807, 2.05) is 24.3 Å². The molecule has 0 bridgehead atoms. The molecule has 2 N–H and O–H groups in total. The van der Waals surface area contributed by atoms with Crippen LogP contribution in [0.5, 0.6) is 0 Å². The van der Waals surface area contributed by atoms with E-state index in [1.54, 1.807) is 0 Å². The Morgan fingerprint density at radius 1 is 1.54 bits per heavy atom. The van der Waals surface area contributed by atoms with Gasteiger partial charge >= 0.3 is 5.97 Å². The van der Waals surface area contributed by atoms with Gasteiger partial charge < -0.3 is 10.4 Å². The summed E-state index contributed by atoms with van der Waals surface area (Å²) in [5, 5.41) is 11.5. The van der Waals surface area contributed by atoms with E-state index in [-0.39, 0.29) is 5.25 Å². The van der Waals surface area contributed by atoms with Gasteiger partial charge in [-0.25, -0.2) is 0 Å². The Labute approximate surface area is 80.1 Å². The molecule has 1 aromatic carbocycles. The molecule has 0 saturated carbocycles. The van der Waals surface area contributed by atoms with Crippen LogP contribution < -0.4 is 5.32 Å². The summed E-state index contributed by atoms with van der Waals surface area (Å²) in [5.41, 5.74) is 1.03. The number of nitrogens with one attached hydrogen (secondary N) is 1. The maximum absolute atomic E-state index is 10.7. The van der Waals surface area contributed by atoms with Crippen LogP contribution in [-0.2, 0) is 4.79 Å². The predicted molar refractivity (Wildman–Crippen MR) is 52.2 cm³/mol. The number of carbonyl (C=O) groups is 1. The summed E-state index contributed by atoms with van der Waals surface area (Å²) < 4.78 is 0. The normalized spacial score (nSPS) is 20.2. The van der Waals surface area contributed by atoms with E-state index in [0.29, 0.717) is 6.54 Å². The maximum Gasteiger partial charge on any atom is 0.318 e. The summed E-state index contributed by atoms with van der Waals surface area (Å²) in [5.74, 6) is -0.757. The first kappa shape index (κ1) is 8.44. The largest absolute Gasteiger partial charge is 0.480 e. The van der Waals surface area contributed by atoms with Gasteiger partial charge in [0, 0.05) is 17.1 Å². The molecule has 1 heterocycles. The topological polar surface area (TPSA) is 49.3 Å². The summed E-state index contributed by atoms with van der Waals surface area (Å²) >= 11 is 1.40. The molecule has 0 fully saturated rings. The molecule has 0 aliphatic carbocycles. The van der Waals surface area contributed by atoms with Crippen LogP contribution in [-0.4, -0.2) is 22.9 Å². The average molecular weight is 195 g/mol. The lowest BCUT2D eigenvalue weighted by molar-refractivity contribution is -0.136. The Kier molecular flexibility index (Phi) is 2.14. The summed E-state index contributed by atoms with van der Waals surface area (Å²) in [7, 11) is 0. The molecule has 0 saturated heterocycles. The SMILES string of the molecule is O=C(O)C1CNc2ccccc2S1. The smallest absolute Gasteiger partial charge is 0.318 e. The summed E-state index contributed by atoms with van der Waals surface area (Å²) in [4.78, 5) is 11.7. The minimum absolute atomic E-state index is 0.366. The van der Waals surface area contributed by atoms with Crippen LogP contribution in [0.3, 0.4) is 0 Å². The van der Waals surface area contributed by atoms with E-state index >= 15 is 0 Å². The van der Waals surface area contributed by atoms with Gasteiger partial charge in [0.25, 0.3) is 0 Å². The molecular weight excluding hydrogens is 186 g/mol. The molecule has 1 aliphatic heterocycles. The second kappa shape index (κ2) is 3.30. The summed E-state index contributed by atoms with van der Waals surface area (Å²) in [6, 6.07) is 7.74. The number of para-hydroxylation sites is 1. The van der Waals surface area contributed by atoms with Crippen LogP contribution >= 0.6 is 11.8 Å². The predicted octanol–water partition coefficient (Wildman–Crippen LogP) is 1.66. The average Bonchev–Trinajstić information content (AvgIpc) is 2.17. The Bertz CT molecular complexity index is 340. The fourth-order valence-electron chi connectivity index (χ4n) is 1.25. The zero-order chi connectivity index (χ0) is 9.26. The fourth-order valence-corrected chi connectivity index (χ4v) is 2.25. The van der Waals surface area contributed by atoms with Crippen molar-refractivity contribution in [1.82, 2.24) is 0 Å². The number of benzene rings is 1. The lowest BCUT2D eigenvalue weighted by atomic mass is 10.3. The molecule has 0 aromatic heterocycles. The molecule has 1 aromatic rings. The van der Waals surface area contributed by atoms with E-state index in [1.165, 1.54) is 11.8 Å². The van der Waals surface area contributed by atoms with Gasteiger partial charge in [-0.3, -0.25) is 4.79 Å². The van der Waals surface area contributed by atoms with Gasteiger partial charge in [0.05, 0.1) is 0 Å². The number of carboxylic acid groups (broad SMARTS) is 1. The maximum atomic E-state index is 10.7. The van der Waals surface area contributed by atoms with Crippen LogP contribution in [0.25, 0.3) is 0 Å². The van der Waals surface area contributed by atoms with Crippen LogP contribution in [0.2, 0.25) is 0 Å². The monoisotopic (exact) mass is 195 g/mol. The van der Waals surface area contributed by atoms with Crippen LogP contribution in [0.4, 0.5) is 5.69 Å². The Balaban J connectivity index is 2.24. The first-order valence-electron chi connectivity index (χ1n) is 4.00. The minimum atomic E-state index is -0.757. The Morgan fingerprint density at radius 3 is 3.08 bits per heavy atom. The molecule has 0 radical (unpaired) electrons. The van der Waals surface area contributed by atoms with Crippen LogP contribution in [0.1, 0.15) is 0 Å². The number of fused-ring (bicyclic) bond motifs is 1. The van der Waals surface area contributed by atoms with Gasteiger partial charge in [0.2, 0.25) is 0 Å². The quantitative estimate of drug-likeness (QED) is 0.715. The van der Waals surface area contributed by atoms with Gasteiger partial charge in [0.15, 0.2) is 0 Å². The van der Waals surface area contributed by atoms with E-state index in [4.69, 9.17) is 5.11 Å². The first-order chi connectivity index (χ1) is 6.27. The third-order valence-electron chi connectivity index (χ3n) is 1.91. The third-order valence-corrected chi connectivity index (χ3v) is 3.17. The third kappa shape index (κ3) is 1.62. The molecule has 4 heteroatoms. The van der Waals surface area contributed by atoms with Crippen molar-refractivity contribution in [2.45, 2.75) is 10.1 Å². The second-order valence-corrected chi connectivity index (χ2v) is 4.07. The van der Waals surface area contributed by atoms with Gasteiger partial charge in [-0.05, 0) is 12.1 Å². The lowest BCUT2D eigenvalue weighted by Crippen LogP contribution is -2.28. The fraction of sp³-hybridized carbons (Fsp3) is 0.222. The zero-order valence-electron chi connectivity index (χ0n) is 6.86. The minimum Gasteiger partial charge on any atom is -0.480 e. The van der Waals surface area contributed by atoms with Crippen LogP contribution in [0, 0.1) is 0 Å². The summed E-state index contributed by atoms with van der Waals surface area (Å²) in [6.45, 7) is 0.497. The number of aliphatic carboxylic acids is 1. The molecule has 1 atom stereocenters. The van der Waals surface area contributed by atoms with Crippen molar-refractivity contribution in [2.24, 2.45) is 0 Å². The number of anilines is 1. The van der Waals surface area contributed by atoms with Crippen LogP contribution in [0.15, 0.2) is 29.2 Å². The molecule has 2 rings (SSSR count). The molecule has 1 unspecified atom stereocenters. The highest BCUT2D eigenvalue weighted by Crippen LogP contribution is 2.34. The van der Waals surface area contributed by atoms with Gasteiger partial charge in [-0.2, -0.15) is 0 Å². The molecule has 0 spiro atoms. The Morgan fingerprint density at radius 2 is 2.31 bits per heavy atom. The Hall–Kier alpha value is -1.16. The number of hydrogen-bond acceptors (Lipinski definition) is 3. The second-order valence-electron chi connectivity index (χ2n) is 2.82. The van der Waals surface area contributed by atoms with Crippen molar-refractivity contribution in [3.05, 3.63) is 24.3 Å². The standard InChI is InChI=1S/C9H9NO2S/c11-9(12)8-5-10-6-3-1-2-4-7(6)13-8/h1-4,8,10H,5H2,(H,11,12). The number of carboxylic acids is 1.